The Balaban J connectivity index is 1.53. The average Bonchev–Trinajstić information content (AvgIpc) is 2.91. The van der Waals surface area contributed by atoms with Crippen LogP contribution in [-0.2, 0) is 20.5 Å². The van der Waals surface area contributed by atoms with Gasteiger partial charge in [-0.05, 0) is 33.1 Å². The highest BCUT2D eigenvalue weighted by molar-refractivity contribution is 6.99. The zero-order chi connectivity index (χ0) is 26.5. The maximum atomic E-state index is 10.7. The molecule has 6 heteroatoms. The molecule has 1 N–H and O–H groups in total. The second-order valence-electron chi connectivity index (χ2n) is 10.9. The van der Waals surface area contributed by atoms with Crippen molar-refractivity contribution >= 4 is 18.7 Å². The zero-order valence-corrected chi connectivity index (χ0v) is 23.6. The van der Waals surface area contributed by atoms with Gasteiger partial charge in [0.1, 0.15) is 5.75 Å². The number of aliphatic hydroxyl groups is 1. The van der Waals surface area contributed by atoms with E-state index in [0.717, 1.165) is 11.3 Å². The number of hydrogen-bond acceptors (Lipinski definition) is 5. The molecule has 0 aromatic heterocycles. The Bertz CT molecular complexity index is 1060. The molecule has 0 spiro atoms. The largest absolute Gasteiger partial charge is 0.497 e. The first kappa shape index (κ1) is 27.5. The van der Waals surface area contributed by atoms with Crippen LogP contribution in [0.25, 0.3) is 0 Å². The Morgan fingerprint density at radius 2 is 1.46 bits per heavy atom. The van der Waals surface area contributed by atoms with Gasteiger partial charge in [-0.15, -0.1) is 0 Å². The molecule has 198 valence electrons. The summed E-state index contributed by atoms with van der Waals surface area (Å²) in [5, 5.41) is 13.1. The minimum atomic E-state index is -2.69. The quantitative estimate of drug-likeness (QED) is 0.407. The van der Waals surface area contributed by atoms with E-state index in [4.69, 9.17) is 18.6 Å². The summed E-state index contributed by atoms with van der Waals surface area (Å²) in [6.07, 6.45) is -0.651. The molecule has 1 heterocycles. The average molecular weight is 521 g/mol. The summed E-state index contributed by atoms with van der Waals surface area (Å²) in [7, 11) is -1.03. The van der Waals surface area contributed by atoms with Crippen molar-refractivity contribution in [2.45, 2.75) is 64.3 Å². The van der Waals surface area contributed by atoms with Gasteiger partial charge in [0.2, 0.25) is 0 Å². The van der Waals surface area contributed by atoms with Crippen LogP contribution in [0.4, 0.5) is 0 Å². The van der Waals surface area contributed by atoms with E-state index in [1.54, 1.807) is 7.11 Å². The number of ether oxygens (including phenoxy) is 3. The van der Waals surface area contributed by atoms with Crippen molar-refractivity contribution in [1.82, 2.24) is 0 Å². The molecule has 5 nitrogen and oxygen atoms in total. The molecule has 37 heavy (non-hydrogen) atoms. The van der Waals surface area contributed by atoms with Crippen molar-refractivity contribution in [3.8, 4) is 5.75 Å². The maximum Gasteiger partial charge on any atom is 0.261 e. The summed E-state index contributed by atoms with van der Waals surface area (Å²) < 4.78 is 24.7. The molecule has 1 fully saturated rings. The summed E-state index contributed by atoms with van der Waals surface area (Å²) in [6.45, 7) is 9.62. The van der Waals surface area contributed by atoms with Crippen molar-refractivity contribution < 1.29 is 23.7 Å². The Labute approximate surface area is 222 Å². The Hall–Kier alpha value is -2.48. The zero-order valence-electron chi connectivity index (χ0n) is 22.6. The summed E-state index contributed by atoms with van der Waals surface area (Å²) in [5.74, 6) is 0.682. The Morgan fingerprint density at radius 1 is 0.892 bits per heavy atom. The highest BCUT2D eigenvalue weighted by Crippen LogP contribution is 2.37. The first-order valence-corrected chi connectivity index (χ1v) is 15.0. The third-order valence-electron chi connectivity index (χ3n) is 7.39. The number of benzene rings is 3. The van der Waals surface area contributed by atoms with Gasteiger partial charge in [0.25, 0.3) is 8.32 Å². The van der Waals surface area contributed by atoms with Crippen LogP contribution in [0.3, 0.4) is 0 Å². The molecular weight excluding hydrogens is 480 g/mol. The van der Waals surface area contributed by atoms with E-state index in [2.05, 4.69) is 69.3 Å². The molecule has 0 aliphatic carbocycles. The molecule has 4 atom stereocenters. The van der Waals surface area contributed by atoms with Gasteiger partial charge in [0.05, 0.1) is 32.5 Å². The molecule has 0 saturated carbocycles. The monoisotopic (exact) mass is 520 g/mol. The van der Waals surface area contributed by atoms with Gasteiger partial charge < -0.3 is 23.7 Å². The number of methoxy groups -OCH3 is 1. The van der Waals surface area contributed by atoms with Crippen molar-refractivity contribution in [1.29, 1.82) is 0 Å². The third kappa shape index (κ3) is 6.16. The Kier molecular flexibility index (Phi) is 8.88. The van der Waals surface area contributed by atoms with Gasteiger partial charge in [-0.1, -0.05) is 100 Å². The fraction of sp³-hybridized carbons (Fsp3) is 0.419. The predicted molar refractivity (Wildman–Crippen MR) is 150 cm³/mol. The van der Waals surface area contributed by atoms with E-state index in [0.29, 0.717) is 19.6 Å². The highest BCUT2D eigenvalue weighted by atomic mass is 28.4. The molecule has 3 aromatic carbocycles. The van der Waals surface area contributed by atoms with Crippen LogP contribution in [0.1, 0.15) is 39.7 Å². The lowest BCUT2D eigenvalue weighted by Crippen LogP contribution is -2.67. The van der Waals surface area contributed by atoms with Crippen molar-refractivity contribution in [3.63, 3.8) is 0 Å². The van der Waals surface area contributed by atoms with Crippen LogP contribution >= 0.6 is 0 Å². The number of rotatable bonds is 9. The van der Waals surface area contributed by atoms with Gasteiger partial charge in [0.15, 0.2) is 6.29 Å². The van der Waals surface area contributed by atoms with Crippen LogP contribution in [0.5, 0.6) is 5.75 Å². The standard InChI is InChI=1S/C31H40O5Si/c1-23-29(34-21-24-16-18-25(33-5)19-17-24)20-26(36-30(23)32)22-35-37(31(2,3)4,27-12-8-6-9-13-27)28-14-10-7-11-15-28/h6-19,23,26,29-30,32H,20-22H2,1-5H3/t23-,26-,29+,30-/m1/s1. The molecule has 0 amide bonds. The van der Waals surface area contributed by atoms with Gasteiger partial charge in [-0.3, -0.25) is 0 Å². The minimum Gasteiger partial charge on any atom is -0.497 e. The van der Waals surface area contributed by atoms with Crippen LogP contribution in [-0.4, -0.2) is 45.6 Å². The number of hydrogen-bond donors (Lipinski definition) is 1. The third-order valence-corrected chi connectivity index (χ3v) is 12.4. The molecule has 1 aliphatic heterocycles. The molecule has 3 aromatic rings. The molecule has 1 aliphatic rings. The molecule has 0 bridgehead atoms. The lowest BCUT2D eigenvalue weighted by molar-refractivity contribution is -0.235. The fourth-order valence-corrected chi connectivity index (χ4v) is 9.86. The van der Waals surface area contributed by atoms with Crippen molar-refractivity contribution in [3.05, 3.63) is 90.5 Å². The molecule has 0 radical (unpaired) electrons. The molecular formula is C31H40O5Si. The van der Waals surface area contributed by atoms with Crippen LogP contribution in [0, 0.1) is 5.92 Å². The van der Waals surface area contributed by atoms with E-state index in [-0.39, 0.29) is 23.2 Å². The minimum absolute atomic E-state index is 0.124. The van der Waals surface area contributed by atoms with Crippen molar-refractivity contribution in [2.75, 3.05) is 13.7 Å². The Morgan fingerprint density at radius 3 is 1.97 bits per heavy atom. The lowest BCUT2D eigenvalue weighted by atomic mass is 9.95. The summed E-state index contributed by atoms with van der Waals surface area (Å²) >= 11 is 0. The van der Waals surface area contributed by atoms with Crippen molar-refractivity contribution in [2.24, 2.45) is 5.92 Å². The van der Waals surface area contributed by atoms with E-state index in [1.807, 2.05) is 43.3 Å². The highest BCUT2D eigenvalue weighted by Gasteiger charge is 2.51. The summed E-state index contributed by atoms with van der Waals surface area (Å²) in [4.78, 5) is 0. The molecule has 4 rings (SSSR count). The maximum absolute atomic E-state index is 10.7. The smallest absolute Gasteiger partial charge is 0.261 e. The second kappa shape index (κ2) is 11.9. The van der Waals surface area contributed by atoms with Gasteiger partial charge in [-0.2, -0.15) is 0 Å². The fourth-order valence-electron chi connectivity index (χ4n) is 5.27. The SMILES string of the molecule is COc1ccc(CO[C@H]2C[C@H](CO[Si](c3ccccc3)(c3ccccc3)C(C)(C)C)O[C@@H](O)[C@@H]2C)cc1. The van der Waals surface area contributed by atoms with Gasteiger partial charge >= 0.3 is 0 Å². The predicted octanol–water partition coefficient (Wildman–Crippen LogP) is 4.90. The first-order valence-electron chi connectivity index (χ1n) is 13.1. The molecule has 1 saturated heterocycles. The van der Waals surface area contributed by atoms with Crippen LogP contribution in [0.15, 0.2) is 84.9 Å². The normalized spacial score (nSPS) is 22.5. The van der Waals surface area contributed by atoms with Crippen LogP contribution < -0.4 is 15.1 Å². The van der Waals surface area contributed by atoms with E-state index >= 15 is 0 Å². The van der Waals surface area contributed by atoms with Crippen LogP contribution in [0.2, 0.25) is 5.04 Å². The summed E-state index contributed by atoms with van der Waals surface area (Å²) in [5.41, 5.74) is 1.06. The number of aliphatic hydroxyl groups excluding tert-OH is 1. The first-order chi connectivity index (χ1) is 17.7. The van der Waals surface area contributed by atoms with E-state index < -0.39 is 14.6 Å². The lowest BCUT2D eigenvalue weighted by Gasteiger charge is -2.45. The molecule has 0 unspecified atom stereocenters. The van der Waals surface area contributed by atoms with Gasteiger partial charge in [-0.25, -0.2) is 0 Å². The van der Waals surface area contributed by atoms with E-state index in [9.17, 15) is 5.11 Å². The van der Waals surface area contributed by atoms with E-state index in [1.165, 1.54) is 10.4 Å². The van der Waals surface area contributed by atoms with Gasteiger partial charge in [0, 0.05) is 12.3 Å². The second-order valence-corrected chi connectivity index (χ2v) is 15.2. The topological polar surface area (TPSA) is 57.2 Å². The summed E-state index contributed by atoms with van der Waals surface area (Å²) in [6, 6.07) is 29.0.